The van der Waals surface area contributed by atoms with Crippen molar-refractivity contribution in [3.63, 3.8) is 0 Å². The van der Waals surface area contributed by atoms with Crippen LogP contribution < -0.4 is 5.32 Å². The topological polar surface area (TPSA) is 83.6 Å². The number of nitrogens with zero attached hydrogens (tertiary/aromatic N) is 3. The Morgan fingerprint density at radius 3 is 2.83 bits per heavy atom. The Bertz CT molecular complexity index is 1010. The molecule has 30 heavy (non-hydrogen) atoms. The summed E-state index contributed by atoms with van der Waals surface area (Å²) in [5.74, 6) is 2.70. The van der Waals surface area contributed by atoms with Crippen LogP contribution in [-0.2, 0) is 6.42 Å². The Hall–Kier alpha value is -3.02. The number of nitrogens with one attached hydrogen (secondary N) is 2. The minimum atomic E-state index is -0.166. The van der Waals surface area contributed by atoms with E-state index >= 15 is 0 Å². The van der Waals surface area contributed by atoms with Crippen LogP contribution in [0.15, 0.2) is 54.5 Å². The van der Waals surface area contributed by atoms with Crippen molar-refractivity contribution in [2.24, 2.45) is 23.7 Å². The number of allylic oxidation sites excluding steroid dienone is 1. The Labute approximate surface area is 177 Å². The van der Waals surface area contributed by atoms with Crippen LogP contribution in [0.3, 0.4) is 0 Å². The van der Waals surface area contributed by atoms with Crippen molar-refractivity contribution in [3.8, 4) is 0 Å². The monoisotopic (exact) mass is 403 g/mol. The minimum absolute atomic E-state index is 0.166. The molecule has 156 valence electrons. The number of H-pyrrole nitrogens is 1. The molecule has 0 unspecified atom stereocenters. The van der Waals surface area contributed by atoms with Gasteiger partial charge in [0.25, 0.3) is 5.91 Å². The van der Waals surface area contributed by atoms with Gasteiger partial charge in [0.15, 0.2) is 0 Å². The van der Waals surface area contributed by atoms with Crippen LogP contribution >= 0.6 is 0 Å². The molecule has 4 rings (SSSR count). The second kappa shape index (κ2) is 8.78. The first-order valence-electron chi connectivity index (χ1n) is 10.7. The number of imidazole rings is 1. The number of aromatic nitrogens is 4. The lowest BCUT2D eigenvalue weighted by molar-refractivity contribution is 0.0933. The van der Waals surface area contributed by atoms with Crippen molar-refractivity contribution < 1.29 is 4.79 Å². The van der Waals surface area contributed by atoms with Gasteiger partial charge in [-0.2, -0.15) is 0 Å². The molecule has 1 aromatic carbocycles. The van der Waals surface area contributed by atoms with Crippen LogP contribution in [0.4, 0.5) is 0 Å². The van der Waals surface area contributed by atoms with Gasteiger partial charge in [-0.05, 0) is 49.1 Å². The number of fused-ring (bicyclic) bond motifs is 1. The summed E-state index contributed by atoms with van der Waals surface area (Å²) in [4.78, 5) is 28.7. The number of carbonyl (C=O) groups is 1. The van der Waals surface area contributed by atoms with Gasteiger partial charge in [0.2, 0.25) is 0 Å². The molecule has 1 amide bonds. The average Bonchev–Trinajstić information content (AvgIpc) is 3.16. The van der Waals surface area contributed by atoms with Gasteiger partial charge in [-0.25, -0.2) is 9.97 Å². The molecule has 2 N–H and O–H groups in total. The second-order valence-electron chi connectivity index (χ2n) is 8.62. The minimum Gasteiger partial charge on any atom is -0.350 e. The number of amides is 1. The molecule has 1 aliphatic rings. The number of rotatable bonds is 6. The molecule has 6 heteroatoms. The highest BCUT2D eigenvalue weighted by molar-refractivity contribution is 5.91. The highest BCUT2D eigenvalue weighted by Gasteiger charge is 2.32. The first-order chi connectivity index (χ1) is 14.5. The first-order valence-corrected chi connectivity index (χ1v) is 10.7. The number of hydrogen-bond donors (Lipinski definition) is 2. The quantitative estimate of drug-likeness (QED) is 0.605. The van der Waals surface area contributed by atoms with E-state index in [9.17, 15) is 4.79 Å². The number of para-hydroxylation sites is 2. The van der Waals surface area contributed by atoms with Gasteiger partial charge in [0, 0.05) is 25.4 Å². The molecule has 0 saturated carbocycles. The number of hydrogen-bond acceptors (Lipinski definition) is 4. The predicted molar refractivity (Wildman–Crippen MR) is 118 cm³/mol. The Morgan fingerprint density at radius 2 is 2.10 bits per heavy atom. The molecule has 0 aliphatic heterocycles. The molecule has 0 fully saturated rings. The van der Waals surface area contributed by atoms with Crippen LogP contribution in [0.25, 0.3) is 11.0 Å². The number of aromatic amines is 1. The van der Waals surface area contributed by atoms with E-state index in [1.165, 1.54) is 11.8 Å². The molecule has 0 radical (unpaired) electrons. The lowest BCUT2D eigenvalue weighted by atomic mass is 9.70. The molecule has 6 nitrogen and oxygen atoms in total. The summed E-state index contributed by atoms with van der Waals surface area (Å²) in [6, 6.07) is 8.17. The molecule has 0 bridgehead atoms. The maximum atomic E-state index is 12.4. The molecular weight excluding hydrogens is 374 g/mol. The van der Waals surface area contributed by atoms with Crippen LogP contribution in [-0.4, -0.2) is 32.4 Å². The summed E-state index contributed by atoms with van der Waals surface area (Å²) in [5, 5.41) is 3.05. The molecule has 3 aromatic rings. The Balaban J connectivity index is 1.46. The smallest absolute Gasteiger partial charge is 0.271 e. The van der Waals surface area contributed by atoms with E-state index in [0.29, 0.717) is 35.9 Å². The van der Waals surface area contributed by atoms with E-state index in [0.717, 1.165) is 29.7 Å². The first kappa shape index (κ1) is 20.3. The molecule has 0 saturated heterocycles. The molecular formula is C24H29N5O. The van der Waals surface area contributed by atoms with Gasteiger partial charge >= 0.3 is 0 Å². The van der Waals surface area contributed by atoms with Crippen LogP contribution in [0, 0.1) is 23.7 Å². The summed E-state index contributed by atoms with van der Waals surface area (Å²) in [5.41, 5.74) is 3.86. The Kier molecular flexibility index (Phi) is 5.93. The molecule has 3 atom stereocenters. The maximum Gasteiger partial charge on any atom is 0.271 e. The zero-order chi connectivity index (χ0) is 21.1. The van der Waals surface area contributed by atoms with Gasteiger partial charge in [0.1, 0.15) is 11.5 Å². The largest absolute Gasteiger partial charge is 0.350 e. The van der Waals surface area contributed by atoms with Crippen LogP contribution in [0.2, 0.25) is 0 Å². The third-order valence-corrected chi connectivity index (χ3v) is 6.26. The molecule has 2 heterocycles. The van der Waals surface area contributed by atoms with Crippen molar-refractivity contribution in [1.29, 1.82) is 0 Å². The fourth-order valence-corrected chi connectivity index (χ4v) is 4.56. The summed E-state index contributed by atoms with van der Waals surface area (Å²) in [6.45, 7) is 7.37. The second-order valence-corrected chi connectivity index (χ2v) is 8.62. The lowest BCUT2D eigenvalue weighted by Crippen LogP contribution is -2.37. The highest BCUT2D eigenvalue weighted by Crippen LogP contribution is 2.38. The highest BCUT2D eigenvalue weighted by atomic mass is 16.1. The fourth-order valence-electron chi connectivity index (χ4n) is 4.56. The SMILES string of the molecule is CC1=C[C@@H](CNC(=O)c2cnccn2)[C@H](C(C)C)C[C@H]1Cc1nc2ccccc2[nH]1. The van der Waals surface area contributed by atoms with E-state index in [4.69, 9.17) is 4.98 Å². The summed E-state index contributed by atoms with van der Waals surface area (Å²) in [6.07, 6.45) is 8.99. The molecule has 0 spiro atoms. The third kappa shape index (κ3) is 4.42. The lowest BCUT2D eigenvalue weighted by Gasteiger charge is -2.37. The predicted octanol–water partition coefficient (Wildman–Crippen LogP) is 4.18. The normalized spacial score (nSPS) is 21.6. The van der Waals surface area contributed by atoms with Gasteiger partial charge < -0.3 is 10.3 Å². The van der Waals surface area contributed by atoms with Crippen molar-refractivity contribution in [2.75, 3.05) is 6.54 Å². The van der Waals surface area contributed by atoms with Gasteiger partial charge in [0.05, 0.1) is 17.2 Å². The van der Waals surface area contributed by atoms with Crippen molar-refractivity contribution >= 4 is 16.9 Å². The fraction of sp³-hybridized carbons (Fsp3) is 0.417. The standard InChI is InChI=1S/C24H29N5O/c1-15(2)19-11-17(12-23-28-20-6-4-5-7-21(20)29-23)16(3)10-18(19)13-27-24(30)22-14-25-8-9-26-22/h4-10,14-15,17-19H,11-13H2,1-3H3,(H,27,30)(H,28,29)/t17-,18-,19-/m0/s1. The molecule has 2 aromatic heterocycles. The van der Waals surface area contributed by atoms with E-state index in [-0.39, 0.29) is 5.91 Å². The summed E-state index contributed by atoms with van der Waals surface area (Å²) >= 11 is 0. The van der Waals surface area contributed by atoms with Crippen LogP contribution in [0.1, 0.15) is 43.5 Å². The number of benzene rings is 1. The average molecular weight is 404 g/mol. The third-order valence-electron chi connectivity index (χ3n) is 6.26. The zero-order valence-electron chi connectivity index (χ0n) is 17.8. The maximum absolute atomic E-state index is 12.4. The Morgan fingerprint density at radius 1 is 1.27 bits per heavy atom. The van der Waals surface area contributed by atoms with Crippen molar-refractivity contribution in [1.82, 2.24) is 25.3 Å². The molecule has 1 aliphatic carbocycles. The van der Waals surface area contributed by atoms with E-state index in [1.807, 2.05) is 18.2 Å². The number of carbonyl (C=O) groups excluding carboxylic acids is 1. The van der Waals surface area contributed by atoms with E-state index < -0.39 is 0 Å². The zero-order valence-corrected chi connectivity index (χ0v) is 17.8. The summed E-state index contributed by atoms with van der Waals surface area (Å²) in [7, 11) is 0. The van der Waals surface area contributed by atoms with Crippen molar-refractivity contribution in [3.05, 3.63) is 66.0 Å². The summed E-state index contributed by atoms with van der Waals surface area (Å²) < 4.78 is 0. The van der Waals surface area contributed by atoms with Crippen molar-refractivity contribution in [2.45, 2.75) is 33.6 Å². The van der Waals surface area contributed by atoms with Gasteiger partial charge in [-0.15, -0.1) is 0 Å². The van der Waals surface area contributed by atoms with E-state index in [1.54, 1.807) is 12.4 Å². The van der Waals surface area contributed by atoms with Gasteiger partial charge in [-0.1, -0.05) is 37.6 Å². The van der Waals surface area contributed by atoms with Gasteiger partial charge in [-0.3, -0.25) is 9.78 Å². The van der Waals surface area contributed by atoms with Crippen LogP contribution in [0.5, 0.6) is 0 Å². The van der Waals surface area contributed by atoms with E-state index in [2.05, 4.69) is 53.2 Å².